The Morgan fingerprint density at radius 1 is 1.36 bits per heavy atom. The van der Waals surface area contributed by atoms with Crippen LogP contribution in [-0.2, 0) is 0 Å². The Balaban J connectivity index is 2.32. The van der Waals surface area contributed by atoms with Crippen LogP contribution in [0.25, 0.3) is 0 Å². The minimum Gasteiger partial charge on any atom is -0.389 e. The molecule has 0 unspecified atom stereocenters. The molecule has 14 heavy (non-hydrogen) atoms. The van der Waals surface area contributed by atoms with E-state index in [1.807, 2.05) is 13.0 Å². The maximum absolute atomic E-state index is 10.2. The number of aliphatic hydroxyl groups excluding tert-OH is 1. The molecule has 0 amide bonds. The van der Waals surface area contributed by atoms with E-state index >= 15 is 0 Å². The first kappa shape index (κ1) is 10.2. The molecule has 2 nitrogen and oxygen atoms in total. The van der Waals surface area contributed by atoms with Crippen LogP contribution in [-0.4, -0.2) is 21.9 Å². The highest BCUT2D eigenvalue weighted by atomic mass is 16.3. The summed E-state index contributed by atoms with van der Waals surface area (Å²) in [6.07, 6.45) is 5.40. The second-order valence-corrected chi connectivity index (χ2v) is 5.16. The van der Waals surface area contributed by atoms with Gasteiger partial charge in [0.2, 0.25) is 0 Å². The average molecular weight is 196 g/mol. The second-order valence-electron chi connectivity index (χ2n) is 5.16. The predicted octanol–water partition coefficient (Wildman–Crippen LogP) is 1.86. The van der Waals surface area contributed by atoms with Crippen LogP contribution in [0.5, 0.6) is 0 Å². The molecule has 0 heterocycles. The van der Waals surface area contributed by atoms with Crippen molar-refractivity contribution in [2.45, 2.75) is 51.2 Å². The summed E-state index contributed by atoms with van der Waals surface area (Å²) < 4.78 is 0. The quantitative estimate of drug-likeness (QED) is 0.581. The van der Waals surface area contributed by atoms with Gasteiger partial charge in [-0.05, 0) is 50.0 Å². The second kappa shape index (κ2) is 3.35. The summed E-state index contributed by atoms with van der Waals surface area (Å²) in [5, 5.41) is 19.9. The van der Waals surface area contributed by atoms with Crippen LogP contribution < -0.4 is 0 Å². The topological polar surface area (TPSA) is 40.5 Å². The summed E-state index contributed by atoms with van der Waals surface area (Å²) in [5.41, 5.74) is 0.430. The molecule has 0 radical (unpaired) electrons. The number of aliphatic hydroxyl groups is 2. The molecule has 2 rings (SSSR count). The smallest absolute Gasteiger partial charge is 0.0832 e. The van der Waals surface area contributed by atoms with Gasteiger partial charge in [-0.2, -0.15) is 0 Å². The lowest BCUT2D eigenvalue weighted by molar-refractivity contribution is 0.102. The molecule has 2 aliphatic carbocycles. The van der Waals surface area contributed by atoms with Crippen LogP contribution >= 0.6 is 0 Å². The zero-order valence-corrected chi connectivity index (χ0v) is 9.03. The summed E-state index contributed by atoms with van der Waals surface area (Å²) >= 11 is 0. The van der Waals surface area contributed by atoms with Crippen molar-refractivity contribution < 1.29 is 10.2 Å². The maximum atomic E-state index is 10.2. The van der Waals surface area contributed by atoms with Crippen molar-refractivity contribution in [1.82, 2.24) is 0 Å². The largest absolute Gasteiger partial charge is 0.389 e. The fourth-order valence-electron chi connectivity index (χ4n) is 2.96. The summed E-state index contributed by atoms with van der Waals surface area (Å²) in [4.78, 5) is 0. The monoisotopic (exact) mass is 196 g/mol. The van der Waals surface area contributed by atoms with E-state index < -0.39 is 5.60 Å². The highest BCUT2D eigenvalue weighted by Gasteiger charge is 2.42. The third-order valence-corrected chi connectivity index (χ3v) is 3.94. The molecule has 0 aliphatic heterocycles. The first-order chi connectivity index (χ1) is 6.50. The first-order valence-electron chi connectivity index (χ1n) is 5.63. The molecule has 1 saturated carbocycles. The lowest BCUT2D eigenvalue weighted by Gasteiger charge is -2.23. The highest BCUT2D eigenvalue weighted by molar-refractivity contribution is 5.26. The summed E-state index contributed by atoms with van der Waals surface area (Å²) in [5.74, 6) is 1.11. The van der Waals surface area contributed by atoms with Crippen LogP contribution in [0.1, 0.15) is 39.5 Å². The Kier molecular flexibility index (Phi) is 2.44. The van der Waals surface area contributed by atoms with E-state index in [0.717, 1.165) is 31.3 Å². The molecule has 0 saturated heterocycles. The van der Waals surface area contributed by atoms with Crippen LogP contribution in [0.4, 0.5) is 0 Å². The van der Waals surface area contributed by atoms with Crippen molar-refractivity contribution in [1.29, 1.82) is 0 Å². The van der Waals surface area contributed by atoms with E-state index in [1.165, 1.54) is 0 Å². The van der Waals surface area contributed by atoms with Gasteiger partial charge in [0, 0.05) is 0 Å². The van der Waals surface area contributed by atoms with Crippen molar-refractivity contribution in [2.75, 3.05) is 0 Å². The summed E-state index contributed by atoms with van der Waals surface area (Å²) in [6.45, 7) is 4.11. The van der Waals surface area contributed by atoms with Crippen molar-refractivity contribution in [3.8, 4) is 0 Å². The molecule has 4 atom stereocenters. The summed E-state index contributed by atoms with van der Waals surface area (Å²) in [7, 11) is 0. The molecule has 0 aromatic carbocycles. The third kappa shape index (κ3) is 1.61. The lowest BCUT2D eigenvalue weighted by Crippen LogP contribution is -2.24. The molecule has 2 heteroatoms. The molecule has 0 spiro atoms. The Morgan fingerprint density at radius 2 is 2.07 bits per heavy atom. The van der Waals surface area contributed by atoms with E-state index in [9.17, 15) is 10.2 Å². The van der Waals surface area contributed by atoms with Gasteiger partial charge >= 0.3 is 0 Å². The van der Waals surface area contributed by atoms with Gasteiger partial charge in [0.25, 0.3) is 0 Å². The third-order valence-electron chi connectivity index (χ3n) is 3.94. The van der Waals surface area contributed by atoms with E-state index in [4.69, 9.17) is 0 Å². The number of hydrogen-bond donors (Lipinski definition) is 2. The molecular weight excluding hydrogens is 176 g/mol. The van der Waals surface area contributed by atoms with Crippen molar-refractivity contribution in [3.05, 3.63) is 11.6 Å². The van der Waals surface area contributed by atoms with Gasteiger partial charge in [0.15, 0.2) is 0 Å². The van der Waals surface area contributed by atoms with Gasteiger partial charge in [-0.1, -0.05) is 13.0 Å². The van der Waals surface area contributed by atoms with E-state index in [2.05, 4.69) is 6.92 Å². The Bertz CT molecular complexity index is 255. The molecule has 1 fully saturated rings. The Labute approximate surface area is 85.6 Å². The van der Waals surface area contributed by atoms with Gasteiger partial charge in [0.05, 0.1) is 11.7 Å². The summed E-state index contributed by atoms with van der Waals surface area (Å²) in [6, 6.07) is 0. The average Bonchev–Trinajstić information content (AvgIpc) is 2.29. The normalized spacial score (nSPS) is 48.3. The fraction of sp³-hybridized carbons (Fsp3) is 0.833. The van der Waals surface area contributed by atoms with Crippen molar-refractivity contribution in [3.63, 3.8) is 0 Å². The number of rotatable bonds is 0. The van der Waals surface area contributed by atoms with Crippen LogP contribution in [0.3, 0.4) is 0 Å². The molecular formula is C12H20O2. The number of fused-ring (bicyclic) bond motifs is 1. The minimum absolute atomic E-state index is 0.345. The molecule has 80 valence electrons. The standard InChI is InChI=1S/C12H20O2/c1-8-3-4-9(13)7-11-10(8)5-6-12(11,2)14/h7-10,13-14H,3-6H2,1-2H3/t8-,9-,10+,12+/m1/s1. The van der Waals surface area contributed by atoms with Gasteiger partial charge in [-0.25, -0.2) is 0 Å². The molecule has 2 N–H and O–H groups in total. The van der Waals surface area contributed by atoms with Gasteiger partial charge in [-0.3, -0.25) is 0 Å². The van der Waals surface area contributed by atoms with Crippen LogP contribution in [0.2, 0.25) is 0 Å². The van der Waals surface area contributed by atoms with Gasteiger partial charge in [-0.15, -0.1) is 0 Å². The molecule has 0 aromatic rings. The van der Waals surface area contributed by atoms with E-state index in [0.29, 0.717) is 11.8 Å². The van der Waals surface area contributed by atoms with E-state index in [1.54, 1.807) is 0 Å². The van der Waals surface area contributed by atoms with Crippen LogP contribution in [0, 0.1) is 11.8 Å². The number of hydrogen-bond acceptors (Lipinski definition) is 2. The maximum Gasteiger partial charge on any atom is 0.0832 e. The van der Waals surface area contributed by atoms with Crippen molar-refractivity contribution in [2.24, 2.45) is 11.8 Å². The van der Waals surface area contributed by atoms with Gasteiger partial charge in [0.1, 0.15) is 0 Å². The predicted molar refractivity (Wildman–Crippen MR) is 55.8 cm³/mol. The fourth-order valence-corrected chi connectivity index (χ4v) is 2.96. The lowest BCUT2D eigenvalue weighted by atomic mass is 9.85. The van der Waals surface area contributed by atoms with Crippen molar-refractivity contribution >= 4 is 0 Å². The Hall–Kier alpha value is -0.340. The zero-order valence-electron chi connectivity index (χ0n) is 9.03. The molecule has 2 aliphatic rings. The van der Waals surface area contributed by atoms with Crippen LogP contribution in [0.15, 0.2) is 11.6 Å². The zero-order chi connectivity index (χ0) is 10.3. The van der Waals surface area contributed by atoms with Gasteiger partial charge < -0.3 is 10.2 Å². The molecule has 0 aromatic heterocycles. The first-order valence-corrected chi connectivity index (χ1v) is 5.63. The minimum atomic E-state index is -0.662. The van der Waals surface area contributed by atoms with E-state index in [-0.39, 0.29) is 6.10 Å². The highest BCUT2D eigenvalue weighted by Crippen LogP contribution is 2.46. The SMILES string of the molecule is C[C@@H]1CC[C@@H](O)C=C2[C@H]1CC[C@]2(C)O. The molecule has 0 bridgehead atoms. The Morgan fingerprint density at radius 3 is 2.79 bits per heavy atom.